The molecule has 98 valence electrons. The van der Waals surface area contributed by atoms with Gasteiger partial charge in [-0.3, -0.25) is 9.78 Å². The van der Waals surface area contributed by atoms with Crippen molar-refractivity contribution in [2.75, 3.05) is 13.1 Å². The monoisotopic (exact) mass is 256 g/mol. The predicted molar refractivity (Wildman–Crippen MR) is 72.1 cm³/mol. The van der Waals surface area contributed by atoms with E-state index in [-0.39, 0.29) is 11.8 Å². The number of carbonyl (C=O) groups excluding carboxylic acids is 1. The lowest BCUT2D eigenvalue weighted by atomic mass is 10.1. The van der Waals surface area contributed by atoms with E-state index in [9.17, 15) is 4.79 Å². The van der Waals surface area contributed by atoms with E-state index in [2.05, 4.69) is 9.97 Å². The van der Waals surface area contributed by atoms with Gasteiger partial charge < -0.3 is 10.6 Å². The van der Waals surface area contributed by atoms with Crippen molar-refractivity contribution < 1.29 is 4.79 Å². The molecule has 0 spiro atoms. The number of carbonyl (C=O) groups is 1. The lowest BCUT2D eigenvalue weighted by molar-refractivity contribution is -0.128. The Morgan fingerprint density at radius 2 is 2.11 bits per heavy atom. The molecule has 1 saturated heterocycles. The minimum Gasteiger partial charge on any atom is -0.336 e. The molecule has 0 radical (unpaired) electrons. The van der Waals surface area contributed by atoms with Crippen LogP contribution in [0.2, 0.25) is 0 Å². The topological polar surface area (TPSA) is 72.1 Å². The molecule has 1 aromatic heterocycles. The fourth-order valence-electron chi connectivity index (χ4n) is 2.43. The molecule has 2 N–H and O–H groups in total. The highest BCUT2D eigenvalue weighted by Gasteiger charge is 2.28. The number of amides is 1. The molecule has 0 bridgehead atoms. The first-order valence-electron chi connectivity index (χ1n) is 6.45. The van der Waals surface area contributed by atoms with Gasteiger partial charge in [0.1, 0.15) is 0 Å². The molecule has 2 heterocycles. The van der Waals surface area contributed by atoms with Gasteiger partial charge in [-0.25, -0.2) is 4.98 Å². The molecule has 5 nitrogen and oxygen atoms in total. The van der Waals surface area contributed by atoms with E-state index >= 15 is 0 Å². The lowest BCUT2D eigenvalue weighted by Gasteiger charge is -2.15. The Morgan fingerprint density at radius 1 is 1.32 bits per heavy atom. The fraction of sp³-hybridized carbons (Fsp3) is 0.357. The summed E-state index contributed by atoms with van der Waals surface area (Å²) in [6, 6.07) is 7.73. The first kappa shape index (κ1) is 12.0. The predicted octanol–water partition coefficient (Wildman–Crippen LogP) is 0.937. The van der Waals surface area contributed by atoms with Crippen molar-refractivity contribution in [1.29, 1.82) is 0 Å². The van der Waals surface area contributed by atoms with E-state index in [0.717, 1.165) is 23.3 Å². The largest absolute Gasteiger partial charge is 0.336 e. The molecule has 0 saturated carbocycles. The first-order valence-corrected chi connectivity index (χ1v) is 6.45. The van der Waals surface area contributed by atoms with Crippen molar-refractivity contribution in [2.24, 2.45) is 11.7 Å². The molecule has 1 aliphatic rings. The summed E-state index contributed by atoms with van der Waals surface area (Å²) in [7, 11) is 0. The number of hydrogen-bond donors (Lipinski definition) is 1. The summed E-state index contributed by atoms with van der Waals surface area (Å²) < 4.78 is 0. The van der Waals surface area contributed by atoms with Crippen molar-refractivity contribution in [1.82, 2.24) is 14.9 Å². The molecule has 1 aliphatic heterocycles. The van der Waals surface area contributed by atoms with Crippen LogP contribution in [-0.2, 0) is 11.3 Å². The maximum atomic E-state index is 11.8. The smallest absolute Gasteiger partial charge is 0.223 e. The van der Waals surface area contributed by atoms with E-state index in [1.807, 2.05) is 29.2 Å². The second kappa shape index (κ2) is 4.93. The van der Waals surface area contributed by atoms with Crippen molar-refractivity contribution in [3.05, 3.63) is 36.2 Å². The number of likely N-dealkylation sites (tertiary alicyclic amines) is 1. The number of rotatable bonds is 3. The summed E-state index contributed by atoms with van der Waals surface area (Å²) >= 11 is 0. The van der Waals surface area contributed by atoms with Crippen LogP contribution in [0.1, 0.15) is 12.1 Å². The minimum atomic E-state index is 0.158. The summed E-state index contributed by atoms with van der Waals surface area (Å²) in [5, 5.41) is 0. The van der Waals surface area contributed by atoms with E-state index in [1.165, 1.54) is 0 Å². The molecule has 1 unspecified atom stereocenters. The van der Waals surface area contributed by atoms with Gasteiger partial charge in [0.15, 0.2) is 0 Å². The van der Waals surface area contributed by atoms with Gasteiger partial charge in [-0.05, 0) is 24.6 Å². The highest BCUT2D eigenvalue weighted by Crippen LogP contribution is 2.19. The van der Waals surface area contributed by atoms with Gasteiger partial charge in [-0.2, -0.15) is 0 Å². The standard InChI is InChI=1S/C14H16N4O/c15-6-10-5-14(19)18(8-10)9-11-7-16-12-3-1-2-4-13(12)17-11/h1-4,7,10H,5-6,8-9,15H2. The average Bonchev–Trinajstić information content (AvgIpc) is 2.79. The third-order valence-corrected chi connectivity index (χ3v) is 3.48. The van der Waals surface area contributed by atoms with Crippen molar-refractivity contribution in [2.45, 2.75) is 13.0 Å². The normalized spacial score (nSPS) is 19.3. The molecule has 0 aliphatic carbocycles. The van der Waals surface area contributed by atoms with Crippen LogP contribution < -0.4 is 5.73 Å². The number of hydrogen-bond acceptors (Lipinski definition) is 4. The lowest BCUT2D eigenvalue weighted by Crippen LogP contribution is -2.26. The van der Waals surface area contributed by atoms with Crippen LogP contribution in [0.25, 0.3) is 11.0 Å². The third-order valence-electron chi connectivity index (χ3n) is 3.48. The molecule has 2 aromatic rings. The summed E-state index contributed by atoms with van der Waals surface area (Å²) in [4.78, 5) is 22.5. The van der Waals surface area contributed by atoms with Crippen LogP contribution in [0.5, 0.6) is 0 Å². The molecular formula is C14H16N4O. The van der Waals surface area contributed by atoms with E-state index in [4.69, 9.17) is 5.73 Å². The molecule has 1 aromatic carbocycles. The SMILES string of the molecule is NCC1CC(=O)N(Cc2cnc3ccccc3n2)C1. The van der Waals surface area contributed by atoms with Gasteiger partial charge in [-0.15, -0.1) is 0 Å². The summed E-state index contributed by atoms with van der Waals surface area (Å²) in [6.45, 7) is 1.81. The second-order valence-corrected chi connectivity index (χ2v) is 4.93. The number of benzene rings is 1. The maximum absolute atomic E-state index is 11.8. The van der Waals surface area contributed by atoms with Crippen LogP contribution in [0, 0.1) is 5.92 Å². The maximum Gasteiger partial charge on any atom is 0.223 e. The zero-order valence-electron chi connectivity index (χ0n) is 10.6. The van der Waals surface area contributed by atoms with Crippen LogP contribution in [0.15, 0.2) is 30.5 Å². The zero-order valence-corrected chi connectivity index (χ0v) is 10.6. The number of nitrogens with zero attached hydrogens (tertiary/aromatic N) is 3. The summed E-state index contributed by atoms with van der Waals surface area (Å²) in [6.07, 6.45) is 2.29. The molecule has 1 amide bonds. The third kappa shape index (κ3) is 2.42. The van der Waals surface area contributed by atoms with E-state index < -0.39 is 0 Å². The van der Waals surface area contributed by atoms with Gasteiger partial charge in [0, 0.05) is 13.0 Å². The van der Waals surface area contributed by atoms with Gasteiger partial charge in [0.2, 0.25) is 5.91 Å². The Morgan fingerprint density at radius 3 is 2.84 bits per heavy atom. The number of nitrogens with two attached hydrogens (primary N) is 1. The number of aromatic nitrogens is 2. The molecule has 19 heavy (non-hydrogen) atoms. The molecule has 1 fully saturated rings. The highest BCUT2D eigenvalue weighted by molar-refractivity contribution is 5.78. The Balaban J connectivity index is 1.80. The fourth-order valence-corrected chi connectivity index (χ4v) is 2.43. The molecule has 5 heteroatoms. The van der Waals surface area contributed by atoms with Gasteiger partial charge in [0.05, 0.1) is 29.5 Å². The Bertz CT molecular complexity index is 613. The molecular weight excluding hydrogens is 240 g/mol. The van der Waals surface area contributed by atoms with Gasteiger partial charge in [-0.1, -0.05) is 12.1 Å². The molecule has 3 rings (SSSR count). The first-order chi connectivity index (χ1) is 9.26. The Kier molecular flexibility index (Phi) is 3.13. The number of para-hydroxylation sites is 2. The van der Waals surface area contributed by atoms with Crippen molar-refractivity contribution in [3.63, 3.8) is 0 Å². The van der Waals surface area contributed by atoms with Crippen LogP contribution >= 0.6 is 0 Å². The van der Waals surface area contributed by atoms with Crippen molar-refractivity contribution in [3.8, 4) is 0 Å². The summed E-state index contributed by atoms with van der Waals surface area (Å²) in [5.74, 6) is 0.436. The van der Waals surface area contributed by atoms with E-state index in [0.29, 0.717) is 19.5 Å². The minimum absolute atomic E-state index is 0.158. The number of fused-ring (bicyclic) bond motifs is 1. The quantitative estimate of drug-likeness (QED) is 0.887. The van der Waals surface area contributed by atoms with Crippen molar-refractivity contribution >= 4 is 16.9 Å². The van der Waals surface area contributed by atoms with Crippen LogP contribution in [-0.4, -0.2) is 33.9 Å². The Hall–Kier alpha value is -2.01. The Labute approximate surface area is 111 Å². The second-order valence-electron chi connectivity index (χ2n) is 4.93. The zero-order chi connectivity index (χ0) is 13.2. The van der Waals surface area contributed by atoms with Crippen LogP contribution in [0.3, 0.4) is 0 Å². The van der Waals surface area contributed by atoms with Gasteiger partial charge in [0.25, 0.3) is 0 Å². The highest BCUT2D eigenvalue weighted by atomic mass is 16.2. The average molecular weight is 256 g/mol. The van der Waals surface area contributed by atoms with E-state index in [1.54, 1.807) is 6.20 Å². The summed E-state index contributed by atoms with van der Waals surface area (Å²) in [5.41, 5.74) is 8.18. The van der Waals surface area contributed by atoms with Crippen LogP contribution in [0.4, 0.5) is 0 Å². The van der Waals surface area contributed by atoms with Gasteiger partial charge >= 0.3 is 0 Å². The molecule has 1 atom stereocenters.